The number of carbonyl (C=O) groups excluding carboxylic acids is 1. The average Bonchev–Trinajstić information content (AvgIpc) is 3.17. The van der Waals surface area contributed by atoms with E-state index < -0.39 is 11.9 Å². The van der Waals surface area contributed by atoms with Gasteiger partial charge in [-0.1, -0.05) is 60.8 Å². The molecule has 0 aliphatic carbocycles. The van der Waals surface area contributed by atoms with Crippen molar-refractivity contribution in [2.75, 3.05) is 13.7 Å². The standard InChI is InChI=1S/C29H25Cl2NO5/c1-3-4-13-36-23-11-9-17(14-24(23)35-2)26-25-27(33)20-15-19(30)10-12-22(20)37-28(25)29(34)32(26)16-18-7-5-6-8-21(18)31/h5-12,14-15,26H,3-4,13,16H2,1-2H3. The largest absolute Gasteiger partial charge is 0.493 e. The molecule has 0 N–H and O–H groups in total. The van der Waals surface area contributed by atoms with Gasteiger partial charge in [0.15, 0.2) is 16.9 Å². The highest BCUT2D eigenvalue weighted by atomic mass is 35.5. The molecule has 1 unspecified atom stereocenters. The van der Waals surface area contributed by atoms with E-state index in [-0.39, 0.29) is 23.3 Å². The minimum Gasteiger partial charge on any atom is -0.493 e. The highest BCUT2D eigenvalue weighted by Crippen LogP contribution is 2.42. The van der Waals surface area contributed by atoms with Crippen molar-refractivity contribution in [2.24, 2.45) is 0 Å². The fraction of sp³-hybridized carbons (Fsp3) is 0.241. The molecule has 5 rings (SSSR count). The lowest BCUT2D eigenvalue weighted by Crippen LogP contribution is -2.29. The Hall–Kier alpha value is -3.48. The summed E-state index contributed by atoms with van der Waals surface area (Å²) in [5.41, 5.74) is 1.70. The first-order valence-electron chi connectivity index (χ1n) is 12.0. The van der Waals surface area contributed by atoms with Gasteiger partial charge in [0, 0.05) is 16.6 Å². The van der Waals surface area contributed by atoms with Crippen molar-refractivity contribution >= 4 is 40.1 Å². The van der Waals surface area contributed by atoms with Crippen LogP contribution in [0.4, 0.5) is 0 Å². The van der Waals surface area contributed by atoms with Gasteiger partial charge in [0.05, 0.1) is 30.7 Å². The minimum atomic E-state index is -0.725. The molecule has 0 spiro atoms. The van der Waals surface area contributed by atoms with Crippen molar-refractivity contribution in [3.8, 4) is 11.5 Å². The first-order chi connectivity index (χ1) is 17.9. The predicted octanol–water partition coefficient (Wildman–Crippen LogP) is 7.03. The van der Waals surface area contributed by atoms with Gasteiger partial charge >= 0.3 is 0 Å². The number of methoxy groups -OCH3 is 1. The van der Waals surface area contributed by atoms with Gasteiger partial charge in [-0.05, 0) is 53.9 Å². The van der Waals surface area contributed by atoms with Gasteiger partial charge in [-0.2, -0.15) is 0 Å². The number of fused-ring (bicyclic) bond motifs is 2. The van der Waals surface area contributed by atoms with E-state index in [9.17, 15) is 9.59 Å². The molecule has 0 saturated heterocycles. The van der Waals surface area contributed by atoms with Crippen molar-refractivity contribution in [3.05, 3.63) is 103 Å². The van der Waals surface area contributed by atoms with Crippen LogP contribution in [0.3, 0.4) is 0 Å². The van der Waals surface area contributed by atoms with E-state index >= 15 is 0 Å². The Morgan fingerprint density at radius 1 is 1.00 bits per heavy atom. The van der Waals surface area contributed by atoms with E-state index in [1.807, 2.05) is 24.3 Å². The van der Waals surface area contributed by atoms with Crippen molar-refractivity contribution in [1.29, 1.82) is 0 Å². The highest BCUT2D eigenvalue weighted by molar-refractivity contribution is 6.31. The van der Waals surface area contributed by atoms with E-state index in [0.717, 1.165) is 18.4 Å². The third-order valence-electron chi connectivity index (χ3n) is 6.49. The smallest absolute Gasteiger partial charge is 0.291 e. The Morgan fingerprint density at radius 2 is 1.81 bits per heavy atom. The SMILES string of the molecule is CCCCOc1ccc(C2c3c(oc4ccc(Cl)cc4c3=O)C(=O)N2Cc2ccccc2Cl)cc1OC. The molecule has 1 aliphatic heterocycles. The predicted molar refractivity (Wildman–Crippen MR) is 144 cm³/mol. The van der Waals surface area contributed by atoms with Crippen LogP contribution in [-0.2, 0) is 6.54 Å². The molecule has 0 saturated carbocycles. The summed E-state index contributed by atoms with van der Waals surface area (Å²) in [4.78, 5) is 29.1. The van der Waals surface area contributed by atoms with Crippen LogP contribution in [-0.4, -0.2) is 24.5 Å². The fourth-order valence-corrected chi connectivity index (χ4v) is 4.98. The van der Waals surface area contributed by atoms with Crippen LogP contribution in [0.2, 0.25) is 10.0 Å². The second kappa shape index (κ2) is 10.5. The molecule has 2 heterocycles. The maximum Gasteiger partial charge on any atom is 0.291 e. The number of benzene rings is 3. The molecule has 0 fully saturated rings. The van der Waals surface area contributed by atoms with E-state index in [1.165, 1.54) is 0 Å². The molecule has 8 heteroatoms. The van der Waals surface area contributed by atoms with Gasteiger partial charge < -0.3 is 18.8 Å². The van der Waals surface area contributed by atoms with Gasteiger partial charge in [-0.25, -0.2) is 0 Å². The molecule has 0 bridgehead atoms. The molecule has 0 radical (unpaired) electrons. The Labute approximate surface area is 224 Å². The van der Waals surface area contributed by atoms with Gasteiger partial charge in [0.1, 0.15) is 5.58 Å². The number of unbranched alkanes of at least 4 members (excludes halogenated alkanes) is 1. The third-order valence-corrected chi connectivity index (χ3v) is 7.09. The van der Waals surface area contributed by atoms with Gasteiger partial charge in [-0.15, -0.1) is 0 Å². The van der Waals surface area contributed by atoms with E-state index in [0.29, 0.717) is 44.7 Å². The average molecular weight is 538 g/mol. The molecule has 1 aromatic heterocycles. The summed E-state index contributed by atoms with van der Waals surface area (Å²) >= 11 is 12.6. The fourth-order valence-electron chi connectivity index (χ4n) is 4.61. The first-order valence-corrected chi connectivity index (χ1v) is 12.8. The lowest BCUT2D eigenvalue weighted by Gasteiger charge is -2.26. The molecular weight excluding hydrogens is 513 g/mol. The van der Waals surface area contributed by atoms with Crippen LogP contribution >= 0.6 is 23.2 Å². The van der Waals surface area contributed by atoms with Crippen molar-refractivity contribution in [3.63, 3.8) is 0 Å². The lowest BCUT2D eigenvalue weighted by molar-refractivity contribution is 0.0714. The zero-order chi connectivity index (χ0) is 26.1. The summed E-state index contributed by atoms with van der Waals surface area (Å²) in [5.74, 6) is 0.731. The Morgan fingerprint density at radius 3 is 2.57 bits per heavy atom. The van der Waals surface area contributed by atoms with E-state index in [2.05, 4.69) is 6.92 Å². The number of hydrogen-bond donors (Lipinski definition) is 0. The van der Waals surface area contributed by atoms with Gasteiger partial charge in [-0.3, -0.25) is 9.59 Å². The van der Waals surface area contributed by atoms with Crippen LogP contribution < -0.4 is 14.9 Å². The topological polar surface area (TPSA) is 69.0 Å². The Kier molecular flexibility index (Phi) is 7.13. The number of amides is 1. The highest BCUT2D eigenvalue weighted by Gasteiger charge is 2.43. The van der Waals surface area contributed by atoms with Gasteiger partial charge in [0.2, 0.25) is 5.76 Å². The third kappa shape index (κ3) is 4.67. The first kappa shape index (κ1) is 25.2. The summed E-state index contributed by atoms with van der Waals surface area (Å²) in [7, 11) is 1.56. The van der Waals surface area contributed by atoms with Crippen molar-refractivity contribution < 1.29 is 18.7 Å². The number of rotatable bonds is 8. The van der Waals surface area contributed by atoms with Crippen molar-refractivity contribution in [1.82, 2.24) is 4.90 Å². The summed E-state index contributed by atoms with van der Waals surface area (Å²) in [6, 6.07) is 16.8. The summed E-state index contributed by atoms with van der Waals surface area (Å²) < 4.78 is 17.5. The maximum atomic E-state index is 13.8. The number of ether oxygens (including phenoxy) is 2. The van der Waals surface area contributed by atoms with Crippen molar-refractivity contribution in [2.45, 2.75) is 32.4 Å². The molecule has 1 atom stereocenters. The number of hydrogen-bond acceptors (Lipinski definition) is 5. The quantitative estimate of drug-likeness (QED) is 0.225. The second-order valence-electron chi connectivity index (χ2n) is 8.85. The Balaban J connectivity index is 1.67. The molecular formula is C29H25Cl2NO5. The molecule has 4 aromatic rings. The second-order valence-corrected chi connectivity index (χ2v) is 9.70. The number of carbonyl (C=O) groups is 1. The normalized spacial score (nSPS) is 14.8. The minimum absolute atomic E-state index is 0.0131. The Bertz CT molecular complexity index is 1550. The molecule has 1 aliphatic rings. The monoisotopic (exact) mass is 537 g/mol. The lowest BCUT2D eigenvalue weighted by atomic mass is 9.97. The molecule has 1 amide bonds. The maximum absolute atomic E-state index is 13.8. The number of nitrogens with zero attached hydrogens (tertiary/aromatic N) is 1. The molecule has 190 valence electrons. The summed E-state index contributed by atoms with van der Waals surface area (Å²) in [6.45, 7) is 2.83. The van der Waals surface area contributed by atoms with Crippen LogP contribution in [0.1, 0.15) is 53.1 Å². The van der Waals surface area contributed by atoms with Gasteiger partial charge in [0.25, 0.3) is 5.91 Å². The molecule has 3 aromatic carbocycles. The van der Waals surface area contributed by atoms with Crippen LogP contribution in [0.15, 0.2) is 69.9 Å². The summed E-state index contributed by atoms with van der Waals surface area (Å²) in [6.07, 6.45) is 1.92. The molecule has 37 heavy (non-hydrogen) atoms. The van der Waals surface area contributed by atoms with Crippen LogP contribution in [0, 0.1) is 0 Å². The number of halogens is 2. The zero-order valence-corrected chi connectivity index (χ0v) is 21.9. The zero-order valence-electron chi connectivity index (χ0n) is 20.4. The van der Waals surface area contributed by atoms with Crippen LogP contribution in [0.25, 0.3) is 11.0 Å². The molecule has 6 nitrogen and oxygen atoms in total. The van der Waals surface area contributed by atoms with Crippen LogP contribution in [0.5, 0.6) is 11.5 Å². The summed E-state index contributed by atoms with van der Waals surface area (Å²) in [5, 5.41) is 1.25. The van der Waals surface area contributed by atoms with E-state index in [4.69, 9.17) is 37.1 Å². The van der Waals surface area contributed by atoms with E-state index in [1.54, 1.807) is 48.4 Å².